The van der Waals surface area contributed by atoms with Crippen LogP contribution >= 0.6 is 23.2 Å². The van der Waals surface area contributed by atoms with E-state index in [4.69, 9.17) is 32.7 Å². The number of benzene rings is 2. The lowest BCUT2D eigenvalue weighted by molar-refractivity contribution is 0.243. The topological polar surface area (TPSA) is 18.5 Å². The maximum Gasteiger partial charge on any atom is 0.138 e. The van der Waals surface area contributed by atoms with E-state index in [0.29, 0.717) is 23.3 Å². The molecule has 108 valence electrons. The van der Waals surface area contributed by atoms with Gasteiger partial charge in [-0.25, -0.2) is 0 Å². The molecule has 0 fully saturated rings. The second kappa shape index (κ2) is 7.05. The fraction of sp³-hybridized carbons (Fsp3) is 0.375. The van der Waals surface area contributed by atoms with E-state index in [1.54, 1.807) is 0 Å². The van der Waals surface area contributed by atoms with Gasteiger partial charge in [-0.15, -0.1) is 11.6 Å². The highest BCUT2D eigenvalue weighted by atomic mass is 35.5. The summed E-state index contributed by atoms with van der Waals surface area (Å²) < 4.78 is 11.3. The van der Waals surface area contributed by atoms with Gasteiger partial charge in [-0.05, 0) is 49.9 Å². The van der Waals surface area contributed by atoms with Crippen molar-refractivity contribution in [2.45, 2.75) is 26.4 Å². The van der Waals surface area contributed by atoms with Crippen LogP contribution in [0.3, 0.4) is 0 Å². The highest BCUT2D eigenvalue weighted by molar-refractivity contribution is 6.37. The average Bonchev–Trinajstić information content (AvgIpc) is 2.41. The van der Waals surface area contributed by atoms with Crippen molar-refractivity contribution < 1.29 is 9.47 Å². The standard InChI is InChI=1S/C16H18Cl2O2/c1-11(2)20-13-5-6-14-12(10-13)4-7-15(16(14)18)19-9-3-8-17/h4-7,10-11H,3,8-9H2,1-2H3. The van der Waals surface area contributed by atoms with Gasteiger partial charge in [0, 0.05) is 11.3 Å². The molecule has 20 heavy (non-hydrogen) atoms. The van der Waals surface area contributed by atoms with E-state index in [1.807, 2.05) is 44.2 Å². The Bertz CT molecular complexity index is 582. The maximum absolute atomic E-state index is 6.38. The molecule has 0 bridgehead atoms. The van der Waals surface area contributed by atoms with Gasteiger partial charge in [0.2, 0.25) is 0 Å². The predicted molar refractivity (Wildman–Crippen MR) is 85.6 cm³/mol. The summed E-state index contributed by atoms with van der Waals surface area (Å²) in [7, 11) is 0. The summed E-state index contributed by atoms with van der Waals surface area (Å²) in [5, 5.41) is 2.64. The summed E-state index contributed by atoms with van der Waals surface area (Å²) in [5.74, 6) is 2.13. The van der Waals surface area contributed by atoms with Gasteiger partial charge in [-0.3, -0.25) is 0 Å². The summed E-state index contributed by atoms with van der Waals surface area (Å²) in [4.78, 5) is 0. The first-order valence-electron chi connectivity index (χ1n) is 6.69. The fourth-order valence-electron chi connectivity index (χ4n) is 1.94. The van der Waals surface area contributed by atoms with Crippen molar-refractivity contribution in [3.05, 3.63) is 35.4 Å². The molecule has 0 saturated heterocycles. The minimum Gasteiger partial charge on any atom is -0.492 e. The third-order valence-electron chi connectivity index (χ3n) is 2.80. The predicted octanol–water partition coefficient (Wildman–Crippen LogP) is 5.29. The minimum atomic E-state index is 0.154. The van der Waals surface area contributed by atoms with Crippen molar-refractivity contribution in [3.63, 3.8) is 0 Å². The molecule has 0 aliphatic heterocycles. The van der Waals surface area contributed by atoms with Crippen LogP contribution in [-0.2, 0) is 0 Å². The molecule has 0 unspecified atom stereocenters. The van der Waals surface area contributed by atoms with Crippen molar-refractivity contribution >= 4 is 34.0 Å². The van der Waals surface area contributed by atoms with E-state index < -0.39 is 0 Å². The van der Waals surface area contributed by atoms with Crippen LogP contribution < -0.4 is 9.47 Å². The number of fused-ring (bicyclic) bond motifs is 1. The summed E-state index contributed by atoms with van der Waals surface area (Å²) in [5.41, 5.74) is 0. The molecule has 0 aromatic heterocycles. The first kappa shape index (κ1) is 15.3. The lowest BCUT2D eigenvalue weighted by Crippen LogP contribution is -2.05. The molecule has 2 nitrogen and oxygen atoms in total. The number of halogens is 2. The minimum absolute atomic E-state index is 0.154. The zero-order chi connectivity index (χ0) is 14.5. The van der Waals surface area contributed by atoms with E-state index >= 15 is 0 Å². The first-order valence-corrected chi connectivity index (χ1v) is 7.60. The van der Waals surface area contributed by atoms with Crippen molar-refractivity contribution in [2.24, 2.45) is 0 Å². The molecule has 4 heteroatoms. The normalized spacial score (nSPS) is 11.1. The quantitative estimate of drug-likeness (QED) is 0.533. The highest BCUT2D eigenvalue weighted by Gasteiger charge is 2.08. The third-order valence-corrected chi connectivity index (χ3v) is 3.45. The van der Waals surface area contributed by atoms with Gasteiger partial charge in [0.25, 0.3) is 0 Å². The SMILES string of the molecule is CC(C)Oc1ccc2c(Cl)c(OCCCCl)ccc2c1. The number of alkyl halides is 1. The summed E-state index contributed by atoms with van der Waals surface area (Å²) in [6.45, 7) is 4.58. The summed E-state index contributed by atoms with van der Waals surface area (Å²) in [6.07, 6.45) is 0.956. The molecule has 0 aliphatic carbocycles. The van der Waals surface area contributed by atoms with Crippen LogP contribution in [-0.4, -0.2) is 18.6 Å². The van der Waals surface area contributed by atoms with Gasteiger partial charge >= 0.3 is 0 Å². The van der Waals surface area contributed by atoms with Gasteiger partial charge in [-0.1, -0.05) is 17.7 Å². The van der Waals surface area contributed by atoms with Gasteiger partial charge in [0.15, 0.2) is 0 Å². The van der Waals surface area contributed by atoms with Crippen LogP contribution in [0.15, 0.2) is 30.3 Å². The molecule has 2 aromatic rings. The first-order chi connectivity index (χ1) is 9.61. The zero-order valence-electron chi connectivity index (χ0n) is 11.7. The molecule has 0 saturated carbocycles. The van der Waals surface area contributed by atoms with E-state index in [1.165, 1.54) is 0 Å². The zero-order valence-corrected chi connectivity index (χ0v) is 13.2. The number of ether oxygens (including phenoxy) is 2. The maximum atomic E-state index is 6.38. The monoisotopic (exact) mass is 312 g/mol. The summed E-state index contributed by atoms with van der Waals surface area (Å²) in [6, 6.07) is 9.76. The Morgan fingerprint density at radius 3 is 2.65 bits per heavy atom. The van der Waals surface area contributed by atoms with Gasteiger partial charge < -0.3 is 9.47 Å². The van der Waals surface area contributed by atoms with Gasteiger partial charge in [-0.2, -0.15) is 0 Å². The molecule has 0 spiro atoms. The largest absolute Gasteiger partial charge is 0.492 e. The third kappa shape index (κ3) is 3.71. The van der Waals surface area contributed by atoms with Crippen LogP contribution in [0, 0.1) is 0 Å². The number of hydrogen-bond acceptors (Lipinski definition) is 2. The lowest BCUT2D eigenvalue weighted by atomic mass is 10.1. The molecule has 2 rings (SSSR count). The van der Waals surface area contributed by atoms with Crippen molar-refractivity contribution in [3.8, 4) is 11.5 Å². The average molecular weight is 313 g/mol. The molecule has 0 aliphatic rings. The Labute approximate surface area is 129 Å². The molecule has 2 aromatic carbocycles. The second-order valence-corrected chi connectivity index (χ2v) is 5.57. The van der Waals surface area contributed by atoms with Crippen molar-refractivity contribution in [1.82, 2.24) is 0 Å². The summed E-state index contributed by atoms with van der Waals surface area (Å²) >= 11 is 12.0. The Kier molecular flexibility index (Phi) is 5.38. The fourth-order valence-corrected chi connectivity index (χ4v) is 2.34. The molecular weight excluding hydrogens is 295 g/mol. The van der Waals surface area contributed by atoms with Crippen LogP contribution in [0.25, 0.3) is 10.8 Å². The Hall–Kier alpha value is -1.12. The molecule has 0 amide bonds. The molecule has 0 N–H and O–H groups in total. The Balaban J connectivity index is 2.27. The smallest absolute Gasteiger partial charge is 0.138 e. The van der Waals surface area contributed by atoms with Crippen LogP contribution in [0.2, 0.25) is 5.02 Å². The molecule has 0 atom stereocenters. The van der Waals surface area contributed by atoms with Crippen LogP contribution in [0.5, 0.6) is 11.5 Å². The van der Waals surface area contributed by atoms with Crippen LogP contribution in [0.1, 0.15) is 20.3 Å². The van der Waals surface area contributed by atoms with E-state index in [2.05, 4.69) is 0 Å². The van der Waals surface area contributed by atoms with Crippen molar-refractivity contribution in [2.75, 3.05) is 12.5 Å². The lowest BCUT2D eigenvalue weighted by Gasteiger charge is -2.12. The second-order valence-electron chi connectivity index (χ2n) is 4.82. The van der Waals surface area contributed by atoms with Gasteiger partial charge in [0.05, 0.1) is 17.7 Å². The van der Waals surface area contributed by atoms with E-state index in [-0.39, 0.29) is 6.10 Å². The number of hydrogen-bond donors (Lipinski definition) is 0. The Morgan fingerprint density at radius 2 is 1.95 bits per heavy atom. The highest BCUT2D eigenvalue weighted by Crippen LogP contribution is 2.34. The number of rotatable bonds is 6. The molecular formula is C16H18Cl2O2. The van der Waals surface area contributed by atoms with Crippen LogP contribution in [0.4, 0.5) is 0 Å². The Morgan fingerprint density at radius 1 is 1.15 bits per heavy atom. The van der Waals surface area contributed by atoms with E-state index in [9.17, 15) is 0 Å². The van der Waals surface area contributed by atoms with Crippen molar-refractivity contribution in [1.29, 1.82) is 0 Å². The van der Waals surface area contributed by atoms with E-state index in [0.717, 1.165) is 22.9 Å². The molecule has 0 heterocycles. The molecule has 0 radical (unpaired) electrons. The van der Waals surface area contributed by atoms with Gasteiger partial charge in [0.1, 0.15) is 11.5 Å².